The molecule has 1 aliphatic carbocycles. The van der Waals surface area contributed by atoms with Crippen molar-refractivity contribution < 1.29 is 21.9 Å². The van der Waals surface area contributed by atoms with E-state index in [9.17, 15) is 17.2 Å². The maximum absolute atomic E-state index is 13.5. The van der Waals surface area contributed by atoms with Gasteiger partial charge in [-0.05, 0) is 30.9 Å². The third-order valence-corrected chi connectivity index (χ3v) is 4.36. The van der Waals surface area contributed by atoms with E-state index in [4.69, 9.17) is 10.5 Å². The first-order chi connectivity index (χ1) is 9.40. The second-order valence-corrected chi connectivity index (χ2v) is 6.47. The third-order valence-electron chi connectivity index (χ3n) is 2.90. The number of nitrogens with two attached hydrogens (primary N) is 1. The second kappa shape index (κ2) is 6.02. The Balaban J connectivity index is 1.95. The van der Waals surface area contributed by atoms with Crippen LogP contribution in [0.2, 0.25) is 0 Å². The van der Waals surface area contributed by atoms with Gasteiger partial charge in [0.05, 0.1) is 6.61 Å². The summed E-state index contributed by atoms with van der Waals surface area (Å²) in [4.78, 5) is -0.794. The predicted molar refractivity (Wildman–Crippen MR) is 69.5 cm³/mol. The van der Waals surface area contributed by atoms with Crippen molar-refractivity contribution in [2.75, 3.05) is 25.5 Å². The summed E-state index contributed by atoms with van der Waals surface area (Å²) < 4.78 is 57.7. The average molecular weight is 306 g/mol. The lowest BCUT2D eigenvalue weighted by molar-refractivity contribution is 0.129. The topological polar surface area (TPSA) is 81.4 Å². The van der Waals surface area contributed by atoms with E-state index >= 15 is 0 Å². The number of nitrogen functional groups attached to an aromatic ring is 1. The number of anilines is 1. The summed E-state index contributed by atoms with van der Waals surface area (Å²) in [7, 11) is -4.15. The molecule has 0 aliphatic heterocycles. The number of halogens is 2. The lowest BCUT2D eigenvalue weighted by atomic mass is 10.3. The minimum absolute atomic E-state index is 0.00902. The van der Waals surface area contributed by atoms with E-state index in [0.29, 0.717) is 12.5 Å². The number of nitrogens with one attached hydrogen (secondary N) is 1. The van der Waals surface area contributed by atoms with Gasteiger partial charge < -0.3 is 10.5 Å². The highest BCUT2D eigenvalue weighted by atomic mass is 32.2. The summed E-state index contributed by atoms with van der Waals surface area (Å²) in [5.74, 6) is -2.16. The molecule has 1 saturated carbocycles. The minimum atomic E-state index is -4.15. The molecule has 0 radical (unpaired) electrons. The molecule has 5 nitrogen and oxygen atoms in total. The Labute approximate surface area is 116 Å². The standard InChI is InChI=1S/C12H16F2N2O3S/c13-10-5-9(15)6-11(12(10)14)20(17,18)16-3-4-19-7-8-1-2-8/h5-6,8,16H,1-4,7,15H2. The first-order valence-electron chi connectivity index (χ1n) is 6.22. The molecule has 0 bridgehead atoms. The van der Waals surface area contributed by atoms with E-state index in [0.717, 1.165) is 25.0 Å². The van der Waals surface area contributed by atoms with E-state index in [1.807, 2.05) is 0 Å². The van der Waals surface area contributed by atoms with Gasteiger partial charge in [0.25, 0.3) is 0 Å². The molecule has 2 rings (SSSR count). The van der Waals surface area contributed by atoms with Crippen LogP contribution < -0.4 is 10.5 Å². The van der Waals surface area contributed by atoms with Crippen LogP contribution in [0.5, 0.6) is 0 Å². The van der Waals surface area contributed by atoms with Crippen LogP contribution in [0.4, 0.5) is 14.5 Å². The van der Waals surface area contributed by atoms with Crippen LogP contribution in [0.1, 0.15) is 12.8 Å². The zero-order valence-electron chi connectivity index (χ0n) is 10.7. The number of ether oxygens (including phenoxy) is 1. The molecule has 1 aromatic carbocycles. The van der Waals surface area contributed by atoms with E-state index < -0.39 is 26.6 Å². The molecule has 0 amide bonds. The normalized spacial score (nSPS) is 15.5. The van der Waals surface area contributed by atoms with Crippen molar-refractivity contribution in [2.45, 2.75) is 17.7 Å². The molecular weight excluding hydrogens is 290 g/mol. The summed E-state index contributed by atoms with van der Waals surface area (Å²) in [6.45, 7) is 0.774. The first-order valence-corrected chi connectivity index (χ1v) is 7.70. The van der Waals surface area contributed by atoms with Crippen LogP contribution in [0.25, 0.3) is 0 Å². The fourth-order valence-corrected chi connectivity index (χ4v) is 2.77. The Morgan fingerprint density at radius 1 is 1.35 bits per heavy atom. The predicted octanol–water partition coefficient (Wildman–Crippen LogP) is 1.25. The third kappa shape index (κ3) is 3.87. The molecule has 0 saturated heterocycles. The lowest BCUT2D eigenvalue weighted by Crippen LogP contribution is -2.28. The number of hydrogen-bond acceptors (Lipinski definition) is 4. The quantitative estimate of drug-likeness (QED) is 0.587. The molecular formula is C12H16F2N2O3S. The largest absolute Gasteiger partial charge is 0.399 e. The SMILES string of the molecule is Nc1cc(F)c(F)c(S(=O)(=O)NCCOCC2CC2)c1. The molecule has 3 N–H and O–H groups in total. The van der Waals surface area contributed by atoms with Gasteiger partial charge in [0, 0.05) is 18.8 Å². The molecule has 0 unspecified atom stereocenters. The van der Waals surface area contributed by atoms with Gasteiger partial charge in [0.2, 0.25) is 10.0 Å². The fourth-order valence-electron chi connectivity index (χ4n) is 1.64. The molecule has 0 spiro atoms. The molecule has 0 aromatic heterocycles. The molecule has 0 atom stereocenters. The minimum Gasteiger partial charge on any atom is -0.399 e. The molecule has 0 heterocycles. The molecule has 1 aromatic rings. The Kier molecular flexibility index (Phi) is 4.56. The summed E-state index contributed by atoms with van der Waals surface area (Å²) in [5.41, 5.74) is 5.16. The highest BCUT2D eigenvalue weighted by Gasteiger charge is 2.23. The first kappa shape index (κ1) is 15.1. The Morgan fingerprint density at radius 3 is 2.70 bits per heavy atom. The number of sulfonamides is 1. The van der Waals surface area contributed by atoms with Crippen molar-refractivity contribution >= 4 is 15.7 Å². The van der Waals surface area contributed by atoms with Crippen molar-refractivity contribution in [1.82, 2.24) is 4.72 Å². The summed E-state index contributed by atoms with van der Waals surface area (Å²) >= 11 is 0. The highest BCUT2D eigenvalue weighted by molar-refractivity contribution is 7.89. The van der Waals surface area contributed by atoms with Crippen molar-refractivity contribution in [1.29, 1.82) is 0 Å². The molecule has 112 valence electrons. The van der Waals surface area contributed by atoms with Crippen molar-refractivity contribution in [3.8, 4) is 0 Å². The second-order valence-electron chi connectivity index (χ2n) is 4.73. The molecule has 8 heteroatoms. The van der Waals surface area contributed by atoms with E-state index in [2.05, 4.69) is 4.72 Å². The van der Waals surface area contributed by atoms with Crippen LogP contribution >= 0.6 is 0 Å². The van der Waals surface area contributed by atoms with Gasteiger partial charge in [0.15, 0.2) is 11.6 Å². The van der Waals surface area contributed by atoms with E-state index in [1.54, 1.807) is 0 Å². The Hall–Kier alpha value is -1.25. The summed E-state index contributed by atoms with van der Waals surface area (Å²) in [6, 6.07) is 1.61. The highest BCUT2D eigenvalue weighted by Crippen LogP contribution is 2.28. The average Bonchev–Trinajstić information content (AvgIpc) is 3.17. The van der Waals surface area contributed by atoms with Crippen LogP contribution in [0.15, 0.2) is 17.0 Å². The summed E-state index contributed by atoms with van der Waals surface area (Å²) in [6.07, 6.45) is 2.28. The van der Waals surface area contributed by atoms with Gasteiger partial charge in [-0.15, -0.1) is 0 Å². The number of benzene rings is 1. The van der Waals surface area contributed by atoms with Gasteiger partial charge in [-0.2, -0.15) is 0 Å². The fraction of sp³-hybridized carbons (Fsp3) is 0.500. The molecule has 1 fully saturated rings. The smallest absolute Gasteiger partial charge is 0.243 e. The zero-order valence-corrected chi connectivity index (χ0v) is 11.6. The Bertz CT molecular complexity index is 589. The van der Waals surface area contributed by atoms with Gasteiger partial charge in [-0.25, -0.2) is 21.9 Å². The molecule has 1 aliphatic rings. The zero-order chi connectivity index (χ0) is 14.8. The number of rotatable bonds is 7. The molecule has 20 heavy (non-hydrogen) atoms. The van der Waals surface area contributed by atoms with E-state index in [1.165, 1.54) is 0 Å². The lowest BCUT2D eigenvalue weighted by Gasteiger charge is -2.09. The van der Waals surface area contributed by atoms with E-state index in [-0.39, 0.29) is 18.8 Å². The van der Waals surface area contributed by atoms with Crippen molar-refractivity contribution in [3.05, 3.63) is 23.8 Å². The Morgan fingerprint density at radius 2 is 2.05 bits per heavy atom. The van der Waals surface area contributed by atoms with Crippen molar-refractivity contribution in [3.63, 3.8) is 0 Å². The van der Waals surface area contributed by atoms with Crippen LogP contribution in [-0.2, 0) is 14.8 Å². The monoisotopic (exact) mass is 306 g/mol. The maximum Gasteiger partial charge on any atom is 0.243 e. The van der Waals surface area contributed by atoms with Gasteiger partial charge in [-0.3, -0.25) is 0 Å². The van der Waals surface area contributed by atoms with Crippen molar-refractivity contribution in [2.24, 2.45) is 5.92 Å². The van der Waals surface area contributed by atoms with Gasteiger partial charge in [0.1, 0.15) is 4.90 Å². The number of hydrogen-bond donors (Lipinski definition) is 2. The van der Waals surface area contributed by atoms with Crippen LogP contribution in [-0.4, -0.2) is 28.2 Å². The summed E-state index contributed by atoms with van der Waals surface area (Å²) in [5, 5.41) is 0. The van der Waals surface area contributed by atoms with Gasteiger partial charge in [-0.1, -0.05) is 0 Å². The van der Waals surface area contributed by atoms with Crippen LogP contribution in [0.3, 0.4) is 0 Å². The van der Waals surface area contributed by atoms with Crippen LogP contribution in [0, 0.1) is 17.6 Å². The van der Waals surface area contributed by atoms with Gasteiger partial charge >= 0.3 is 0 Å². The maximum atomic E-state index is 13.5.